The molecule has 0 aliphatic heterocycles. The Hall–Kier alpha value is -1.19. The van der Waals surface area contributed by atoms with Gasteiger partial charge in [-0.25, -0.2) is 4.98 Å². The first-order valence-electron chi connectivity index (χ1n) is 4.81. The Morgan fingerprint density at radius 3 is 2.75 bits per heavy atom. The number of hydrogen-bond acceptors (Lipinski definition) is 3. The van der Waals surface area contributed by atoms with Crippen LogP contribution in [0.2, 0.25) is 5.15 Å². The molecule has 2 rings (SSSR count). The molecule has 82 valence electrons. The average molecular weight is 251 g/mol. The predicted octanol–water partition coefficient (Wildman–Crippen LogP) is 3.78. The van der Waals surface area contributed by atoms with Crippen molar-refractivity contribution in [3.63, 3.8) is 0 Å². The summed E-state index contributed by atoms with van der Waals surface area (Å²) in [5.74, 6) is 0. The summed E-state index contributed by atoms with van der Waals surface area (Å²) in [4.78, 5) is 5.34. The van der Waals surface area contributed by atoms with Gasteiger partial charge < -0.3 is 5.73 Å². The van der Waals surface area contributed by atoms with Gasteiger partial charge in [0.05, 0.1) is 0 Å². The van der Waals surface area contributed by atoms with Gasteiger partial charge in [0, 0.05) is 10.6 Å². The highest BCUT2D eigenvalue weighted by atomic mass is 35.5. The van der Waals surface area contributed by atoms with E-state index in [0.29, 0.717) is 10.8 Å². The Labute approximate surface area is 104 Å². The molecule has 1 aromatic carbocycles. The third kappa shape index (κ3) is 2.90. The fraction of sp³-hybridized carbons (Fsp3) is 0.0833. The minimum atomic E-state index is 0.426. The Morgan fingerprint density at radius 2 is 2.06 bits per heavy atom. The zero-order valence-electron chi connectivity index (χ0n) is 8.77. The molecule has 2 N–H and O–H groups in total. The normalized spacial score (nSPS) is 10.4. The third-order valence-corrected chi connectivity index (χ3v) is 3.11. The second kappa shape index (κ2) is 4.76. The summed E-state index contributed by atoms with van der Waals surface area (Å²) in [6.07, 6.45) is 0. The van der Waals surface area contributed by atoms with Crippen LogP contribution in [0.4, 0.5) is 5.69 Å². The summed E-state index contributed by atoms with van der Waals surface area (Å²) >= 11 is 7.40. The zero-order chi connectivity index (χ0) is 11.5. The molecule has 0 fully saturated rings. The molecular weight excluding hydrogens is 240 g/mol. The van der Waals surface area contributed by atoms with Crippen LogP contribution in [0.3, 0.4) is 0 Å². The third-order valence-electron chi connectivity index (χ3n) is 2.00. The van der Waals surface area contributed by atoms with Gasteiger partial charge in [0.15, 0.2) is 0 Å². The molecule has 0 amide bonds. The second-order valence-electron chi connectivity index (χ2n) is 3.48. The summed E-state index contributed by atoms with van der Waals surface area (Å²) in [6, 6.07) is 11.7. The number of halogens is 1. The first kappa shape index (κ1) is 11.3. The topological polar surface area (TPSA) is 38.9 Å². The Bertz CT molecular complexity index is 494. The van der Waals surface area contributed by atoms with Gasteiger partial charge in [-0.1, -0.05) is 41.1 Å². The van der Waals surface area contributed by atoms with Gasteiger partial charge in [-0.3, -0.25) is 0 Å². The van der Waals surface area contributed by atoms with Crippen LogP contribution in [-0.4, -0.2) is 4.98 Å². The number of nitrogen functional groups attached to an aromatic ring is 1. The number of nitrogens with two attached hydrogens (primary N) is 1. The van der Waals surface area contributed by atoms with Gasteiger partial charge in [0.25, 0.3) is 0 Å². The van der Waals surface area contributed by atoms with Crippen molar-refractivity contribution in [2.24, 2.45) is 0 Å². The van der Waals surface area contributed by atoms with E-state index >= 15 is 0 Å². The van der Waals surface area contributed by atoms with Crippen molar-refractivity contribution < 1.29 is 0 Å². The van der Waals surface area contributed by atoms with Crippen molar-refractivity contribution in [3.8, 4) is 0 Å². The molecule has 0 saturated carbocycles. The molecule has 0 aliphatic rings. The molecule has 0 radical (unpaired) electrons. The van der Waals surface area contributed by atoms with Crippen LogP contribution < -0.4 is 5.73 Å². The second-order valence-corrected chi connectivity index (χ2v) is 4.96. The highest BCUT2D eigenvalue weighted by Gasteiger charge is 2.02. The van der Waals surface area contributed by atoms with E-state index in [1.807, 2.05) is 18.2 Å². The standard InChI is InChI=1S/C12H11ClN2S/c1-8-3-2-4-10(5-8)16-12-7-9(14)6-11(13)15-12/h2-7H,1H3,(H2,14,15). The number of benzene rings is 1. The van der Waals surface area contributed by atoms with E-state index in [2.05, 4.69) is 24.0 Å². The summed E-state index contributed by atoms with van der Waals surface area (Å²) in [6.45, 7) is 2.06. The van der Waals surface area contributed by atoms with Crippen LogP contribution in [0, 0.1) is 6.92 Å². The van der Waals surface area contributed by atoms with Gasteiger partial charge in [0.1, 0.15) is 10.2 Å². The van der Waals surface area contributed by atoms with E-state index in [9.17, 15) is 0 Å². The lowest BCUT2D eigenvalue weighted by Crippen LogP contribution is -1.88. The predicted molar refractivity (Wildman–Crippen MR) is 69.0 cm³/mol. The van der Waals surface area contributed by atoms with Crippen molar-refractivity contribution in [2.45, 2.75) is 16.8 Å². The highest BCUT2D eigenvalue weighted by molar-refractivity contribution is 7.99. The number of nitrogens with zero attached hydrogens (tertiary/aromatic N) is 1. The van der Waals surface area contributed by atoms with Crippen LogP contribution in [0.25, 0.3) is 0 Å². The summed E-state index contributed by atoms with van der Waals surface area (Å²) in [5, 5.41) is 1.24. The van der Waals surface area contributed by atoms with Gasteiger partial charge >= 0.3 is 0 Å². The van der Waals surface area contributed by atoms with Crippen molar-refractivity contribution in [2.75, 3.05) is 5.73 Å². The quantitative estimate of drug-likeness (QED) is 0.825. The van der Waals surface area contributed by atoms with E-state index in [1.54, 1.807) is 17.8 Å². The van der Waals surface area contributed by atoms with Gasteiger partial charge in [-0.05, 0) is 31.2 Å². The molecule has 0 spiro atoms. The molecule has 0 unspecified atom stereocenters. The first-order valence-corrected chi connectivity index (χ1v) is 6.00. The fourth-order valence-electron chi connectivity index (χ4n) is 1.34. The number of aromatic nitrogens is 1. The van der Waals surface area contributed by atoms with Gasteiger partial charge in [0.2, 0.25) is 0 Å². The number of hydrogen-bond donors (Lipinski definition) is 1. The molecule has 0 saturated heterocycles. The Morgan fingerprint density at radius 1 is 1.25 bits per heavy atom. The summed E-state index contributed by atoms with van der Waals surface area (Å²) in [7, 11) is 0. The fourth-order valence-corrected chi connectivity index (χ4v) is 2.58. The first-order chi connectivity index (χ1) is 7.63. The number of aryl methyl sites for hydroxylation is 1. The maximum Gasteiger partial charge on any atom is 0.132 e. The van der Waals surface area contributed by atoms with Gasteiger partial charge in [-0.2, -0.15) is 0 Å². The average Bonchev–Trinajstić information content (AvgIpc) is 2.15. The van der Waals surface area contributed by atoms with Crippen molar-refractivity contribution in [1.29, 1.82) is 0 Å². The monoisotopic (exact) mass is 250 g/mol. The van der Waals surface area contributed by atoms with Crippen LogP contribution in [0.15, 0.2) is 46.3 Å². The Balaban J connectivity index is 2.27. The van der Waals surface area contributed by atoms with E-state index in [-0.39, 0.29) is 0 Å². The molecule has 1 aromatic heterocycles. The molecule has 0 bridgehead atoms. The molecule has 1 heterocycles. The highest BCUT2D eigenvalue weighted by Crippen LogP contribution is 2.29. The minimum Gasteiger partial charge on any atom is -0.399 e. The van der Waals surface area contributed by atoms with E-state index in [1.165, 1.54) is 5.56 Å². The van der Waals surface area contributed by atoms with E-state index < -0.39 is 0 Å². The molecule has 2 nitrogen and oxygen atoms in total. The summed E-state index contributed by atoms with van der Waals surface area (Å²) < 4.78 is 0. The van der Waals surface area contributed by atoms with Crippen LogP contribution >= 0.6 is 23.4 Å². The molecular formula is C12H11ClN2S. The molecule has 4 heteroatoms. The zero-order valence-corrected chi connectivity index (χ0v) is 10.3. The molecule has 0 aliphatic carbocycles. The van der Waals surface area contributed by atoms with Crippen LogP contribution in [-0.2, 0) is 0 Å². The summed E-state index contributed by atoms with van der Waals surface area (Å²) in [5.41, 5.74) is 7.56. The van der Waals surface area contributed by atoms with Gasteiger partial charge in [-0.15, -0.1) is 0 Å². The number of anilines is 1. The lowest BCUT2D eigenvalue weighted by Gasteiger charge is -2.03. The lowest BCUT2D eigenvalue weighted by molar-refractivity contribution is 1.13. The number of pyridine rings is 1. The molecule has 2 aromatic rings. The maximum absolute atomic E-state index is 5.84. The molecule has 0 atom stereocenters. The Kier molecular flexibility index (Phi) is 3.36. The SMILES string of the molecule is Cc1cccc(Sc2cc(N)cc(Cl)n2)c1. The largest absolute Gasteiger partial charge is 0.399 e. The van der Waals surface area contributed by atoms with Crippen molar-refractivity contribution in [3.05, 3.63) is 47.1 Å². The van der Waals surface area contributed by atoms with Crippen LogP contribution in [0.5, 0.6) is 0 Å². The maximum atomic E-state index is 5.84. The lowest BCUT2D eigenvalue weighted by atomic mass is 10.2. The molecule has 16 heavy (non-hydrogen) atoms. The van der Waals surface area contributed by atoms with Crippen molar-refractivity contribution in [1.82, 2.24) is 4.98 Å². The van der Waals surface area contributed by atoms with E-state index in [0.717, 1.165) is 9.92 Å². The smallest absolute Gasteiger partial charge is 0.132 e. The van der Waals surface area contributed by atoms with E-state index in [4.69, 9.17) is 17.3 Å². The number of rotatable bonds is 2. The van der Waals surface area contributed by atoms with Crippen molar-refractivity contribution >= 4 is 29.1 Å². The minimum absolute atomic E-state index is 0.426. The van der Waals surface area contributed by atoms with Crippen LogP contribution in [0.1, 0.15) is 5.56 Å².